The van der Waals surface area contributed by atoms with Crippen molar-refractivity contribution in [3.63, 3.8) is 0 Å². The Morgan fingerprint density at radius 3 is 2.62 bits per heavy atom. The fraction of sp³-hybridized carbons (Fsp3) is 0.400. The minimum Gasteiger partial charge on any atom is -0.480 e. The molecule has 1 fully saturated rings. The van der Waals surface area contributed by atoms with E-state index in [1.807, 2.05) is 31.2 Å². The van der Waals surface area contributed by atoms with Crippen LogP contribution in [0.5, 0.6) is 0 Å². The summed E-state index contributed by atoms with van der Waals surface area (Å²) in [5, 5.41) is 8.79. The van der Waals surface area contributed by atoms with E-state index >= 15 is 0 Å². The molecule has 6 nitrogen and oxygen atoms in total. The van der Waals surface area contributed by atoms with Crippen molar-refractivity contribution >= 4 is 23.5 Å². The van der Waals surface area contributed by atoms with E-state index in [2.05, 4.69) is 0 Å². The lowest BCUT2D eigenvalue weighted by Gasteiger charge is -2.39. The molecule has 112 valence electrons. The van der Waals surface area contributed by atoms with E-state index in [4.69, 9.17) is 5.11 Å². The van der Waals surface area contributed by atoms with Crippen molar-refractivity contribution in [2.75, 3.05) is 18.0 Å². The van der Waals surface area contributed by atoms with Crippen LogP contribution < -0.4 is 4.90 Å². The van der Waals surface area contributed by atoms with Crippen LogP contribution in [0.4, 0.5) is 5.69 Å². The zero-order valence-corrected chi connectivity index (χ0v) is 12.1. The summed E-state index contributed by atoms with van der Waals surface area (Å²) in [5.74, 6) is -2.14. The van der Waals surface area contributed by atoms with Gasteiger partial charge in [-0.2, -0.15) is 0 Å². The minimum atomic E-state index is -1.19. The third-order valence-electron chi connectivity index (χ3n) is 3.67. The molecule has 1 N–H and O–H groups in total. The molecule has 1 saturated heterocycles. The van der Waals surface area contributed by atoms with Crippen molar-refractivity contribution in [2.45, 2.75) is 26.3 Å². The molecular weight excluding hydrogens is 272 g/mol. The average molecular weight is 290 g/mol. The number of amides is 2. The summed E-state index contributed by atoms with van der Waals surface area (Å²) in [6.07, 6.45) is 0.792. The number of hydrogen-bond donors (Lipinski definition) is 1. The van der Waals surface area contributed by atoms with E-state index in [1.54, 1.807) is 11.8 Å². The van der Waals surface area contributed by atoms with E-state index in [0.717, 1.165) is 22.6 Å². The summed E-state index contributed by atoms with van der Waals surface area (Å²) >= 11 is 0. The maximum absolute atomic E-state index is 12.3. The van der Waals surface area contributed by atoms with Gasteiger partial charge in [-0.3, -0.25) is 19.3 Å². The third-order valence-corrected chi connectivity index (χ3v) is 3.67. The first-order valence-electron chi connectivity index (χ1n) is 6.86. The number of piperazine rings is 1. The van der Waals surface area contributed by atoms with Gasteiger partial charge < -0.3 is 10.0 Å². The van der Waals surface area contributed by atoms with Gasteiger partial charge in [-0.05, 0) is 25.0 Å². The Kier molecular flexibility index (Phi) is 4.26. The average Bonchev–Trinajstić information content (AvgIpc) is 2.47. The number of rotatable bonds is 4. The highest BCUT2D eigenvalue weighted by molar-refractivity contribution is 6.06. The Balaban J connectivity index is 2.31. The highest BCUT2D eigenvalue weighted by Gasteiger charge is 2.38. The molecule has 21 heavy (non-hydrogen) atoms. The van der Waals surface area contributed by atoms with Crippen LogP contribution in [0, 0.1) is 0 Å². The Labute approximate surface area is 123 Å². The maximum Gasteiger partial charge on any atom is 0.323 e. The second kappa shape index (κ2) is 5.95. The summed E-state index contributed by atoms with van der Waals surface area (Å²) in [6.45, 7) is 3.13. The van der Waals surface area contributed by atoms with E-state index in [9.17, 15) is 14.4 Å². The fourth-order valence-electron chi connectivity index (χ4n) is 2.53. The molecule has 0 spiro atoms. The molecule has 2 rings (SSSR count). The lowest BCUT2D eigenvalue weighted by Crippen LogP contribution is -2.60. The van der Waals surface area contributed by atoms with Crippen LogP contribution >= 0.6 is 0 Å². The van der Waals surface area contributed by atoms with Gasteiger partial charge in [-0.25, -0.2) is 0 Å². The van der Waals surface area contributed by atoms with E-state index in [-0.39, 0.29) is 6.54 Å². The molecule has 1 aromatic rings. The number of aryl methyl sites for hydroxylation is 1. The number of hydrogen-bond acceptors (Lipinski definition) is 4. The zero-order chi connectivity index (χ0) is 15.6. The Bertz CT molecular complexity index is 585. The molecule has 1 aliphatic rings. The van der Waals surface area contributed by atoms with Gasteiger partial charge in [0.1, 0.15) is 12.6 Å². The molecule has 1 unspecified atom stereocenters. The van der Waals surface area contributed by atoms with Gasteiger partial charge in [0.15, 0.2) is 0 Å². The van der Waals surface area contributed by atoms with E-state index in [0.29, 0.717) is 0 Å². The van der Waals surface area contributed by atoms with Gasteiger partial charge in [-0.1, -0.05) is 25.1 Å². The standard InChI is InChI=1S/C15H18N2O4/c1-3-11-6-4-5-7-12(11)16-8-13(18)17(9-14(19)20)15(21)10(16)2/h4-7,10H,3,8-9H2,1-2H3,(H,19,20). The highest BCUT2D eigenvalue weighted by Crippen LogP contribution is 2.26. The highest BCUT2D eigenvalue weighted by atomic mass is 16.4. The van der Waals surface area contributed by atoms with Crippen molar-refractivity contribution in [2.24, 2.45) is 0 Å². The van der Waals surface area contributed by atoms with Crippen molar-refractivity contribution in [1.82, 2.24) is 4.90 Å². The number of nitrogens with zero attached hydrogens (tertiary/aromatic N) is 2. The van der Waals surface area contributed by atoms with Gasteiger partial charge in [0, 0.05) is 5.69 Å². The molecule has 1 aromatic carbocycles. The lowest BCUT2D eigenvalue weighted by atomic mass is 10.1. The molecule has 2 amide bonds. The number of carboxylic acid groups (broad SMARTS) is 1. The first-order chi connectivity index (χ1) is 9.95. The van der Waals surface area contributed by atoms with Crippen molar-refractivity contribution in [3.8, 4) is 0 Å². The Hall–Kier alpha value is -2.37. The Morgan fingerprint density at radius 2 is 2.00 bits per heavy atom. The van der Waals surface area contributed by atoms with E-state index in [1.165, 1.54) is 0 Å². The second-order valence-corrected chi connectivity index (χ2v) is 5.00. The number of carbonyl (C=O) groups is 3. The molecule has 0 bridgehead atoms. The molecule has 1 atom stereocenters. The molecule has 0 aliphatic carbocycles. The molecule has 1 heterocycles. The van der Waals surface area contributed by atoms with Crippen LogP contribution in [0.25, 0.3) is 0 Å². The maximum atomic E-state index is 12.3. The van der Waals surface area contributed by atoms with Gasteiger partial charge in [0.05, 0.1) is 6.54 Å². The summed E-state index contributed by atoms with van der Waals surface area (Å²) < 4.78 is 0. The lowest BCUT2D eigenvalue weighted by molar-refractivity contribution is -0.154. The van der Waals surface area contributed by atoms with Crippen LogP contribution in [0.15, 0.2) is 24.3 Å². The van der Waals surface area contributed by atoms with Crippen molar-refractivity contribution in [1.29, 1.82) is 0 Å². The smallest absolute Gasteiger partial charge is 0.323 e. The largest absolute Gasteiger partial charge is 0.480 e. The quantitative estimate of drug-likeness (QED) is 0.834. The molecule has 0 radical (unpaired) electrons. The van der Waals surface area contributed by atoms with Crippen LogP contribution in [-0.2, 0) is 20.8 Å². The number of para-hydroxylation sites is 1. The fourth-order valence-corrected chi connectivity index (χ4v) is 2.53. The van der Waals surface area contributed by atoms with Gasteiger partial charge >= 0.3 is 5.97 Å². The predicted molar refractivity (Wildman–Crippen MR) is 77.0 cm³/mol. The summed E-state index contributed by atoms with van der Waals surface area (Å²) in [7, 11) is 0. The van der Waals surface area contributed by atoms with Crippen LogP contribution in [-0.4, -0.2) is 46.9 Å². The number of carbonyl (C=O) groups excluding carboxylic acids is 2. The van der Waals surface area contributed by atoms with Gasteiger partial charge in [0.2, 0.25) is 5.91 Å². The summed E-state index contributed by atoms with van der Waals surface area (Å²) in [5.41, 5.74) is 1.90. The Morgan fingerprint density at radius 1 is 1.33 bits per heavy atom. The summed E-state index contributed by atoms with van der Waals surface area (Å²) in [6, 6.07) is 7.05. The molecule has 0 saturated carbocycles. The second-order valence-electron chi connectivity index (χ2n) is 5.00. The summed E-state index contributed by atoms with van der Waals surface area (Å²) in [4.78, 5) is 37.6. The zero-order valence-electron chi connectivity index (χ0n) is 12.1. The third kappa shape index (κ3) is 2.89. The molecule has 6 heteroatoms. The normalized spacial score (nSPS) is 19.0. The van der Waals surface area contributed by atoms with Crippen LogP contribution in [0.3, 0.4) is 0 Å². The topological polar surface area (TPSA) is 77.9 Å². The predicted octanol–water partition coefficient (Wildman–Crippen LogP) is 0.897. The number of aliphatic carboxylic acids is 1. The first kappa shape index (κ1) is 15.0. The monoisotopic (exact) mass is 290 g/mol. The molecule has 0 aromatic heterocycles. The van der Waals surface area contributed by atoms with Crippen molar-refractivity contribution in [3.05, 3.63) is 29.8 Å². The van der Waals surface area contributed by atoms with Crippen molar-refractivity contribution < 1.29 is 19.5 Å². The SMILES string of the molecule is CCc1ccccc1N1CC(=O)N(CC(=O)O)C(=O)C1C. The molecule has 1 aliphatic heterocycles. The number of carboxylic acids is 1. The van der Waals surface area contributed by atoms with Gasteiger partial charge in [-0.15, -0.1) is 0 Å². The number of anilines is 1. The molecular formula is C15H18N2O4. The first-order valence-corrected chi connectivity index (χ1v) is 6.86. The minimum absolute atomic E-state index is 0.0111. The van der Waals surface area contributed by atoms with Crippen LogP contribution in [0.2, 0.25) is 0 Å². The van der Waals surface area contributed by atoms with E-state index < -0.39 is 30.4 Å². The van der Waals surface area contributed by atoms with Gasteiger partial charge in [0.25, 0.3) is 5.91 Å². The number of benzene rings is 1. The number of imide groups is 1. The van der Waals surface area contributed by atoms with Crippen LogP contribution in [0.1, 0.15) is 19.4 Å².